The Kier molecular flexibility index (Phi) is 4.73. The molecule has 4 nitrogen and oxygen atoms in total. The van der Waals surface area contributed by atoms with Gasteiger partial charge in [-0.2, -0.15) is 0 Å². The van der Waals surface area contributed by atoms with Crippen LogP contribution in [0.4, 0.5) is 4.79 Å². The van der Waals surface area contributed by atoms with Crippen LogP contribution in [-0.4, -0.2) is 31.7 Å². The van der Waals surface area contributed by atoms with E-state index >= 15 is 0 Å². The Balaban J connectivity index is 2.18. The SMILES string of the molecule is CCNC1CCC(NC(=O)NC)CC1. The molecule has 82 valence electrons. The maximum absolute atomic E-state index is 11.0. The van der Waals surface area contributed by atoms with Crippen LogP contribution in [0.1, 0.15) is 32.6 Å². The first kappa shape index (κ1) is 11.3. The lowest BCUT2D eigenvalue weighted by atomic mass is 9.91. The molecule has 0 aromatic heterocycles. The number of hydrogen-bond acceptors (Lipinski definition) is 2. The molecule has 0 aromatic rings. The van der Waals surface area contributed by atoms with Gasteiger partial charge in [0.2, 0.25) is 0 Å². The molecule has 0 radical (unpaired) electrons. The largest absolute Gasteiger partial charge is 0.341 e. The molecule has 0 bridgehead atoms. The molecule has 0 atom stereocenters. The van der Waals surface area contributed by atoms with Crippen molar-refractivity contribution in [2.75, 3.05) is 13.6 Å². The fourth-order valence-electron chi connectivity index (χ4n) is 1.99. The van der Waals surface area contributed by atoms with Gasteiger partial charge >= 0.3 is 6.03 Å². The van der Waals surface area contributed by atoms with Crippen molar-refractivity contribution in [1.82, 2.24) is 16.0 Å². The normalized spacial score (nSPS) is 27.0. The molecule has 0 spiro atoms. The van der Waals surface area contributed by atoms with Crippen molar-refractivity contribution >= 4 is 6.03 Å². The van der Waals surface area contributed by atoms with E-state index in [1.54, 1.807) is 7.05 Å². The molecular formula is C10H21N3O. The minimum Gasteiger partial charge on any atom is -0.341 e. The summed E-state index contributed by atoms with van der Waals surface area (Å²) in [6.07, 6.45) is 4.52. The van der Waals surface area contributed by atoms with Gasteiger partial charge in [-0.15, -0.1) is 0 Å². The summed E-state index contributed by atoms with van der Waals surface area (Å²) >= 11 is 0. The second-order valence-corrected chi connectivity index (χ2v) is 3.83. The Morgan fingerprint density at radius 2 is 1.79 bits per heavy atom. The fourth-order valence-corrected chi connectivity index (χ4v) is 1.99. The summed E-state index contributed by atoms with van der Waals surface area (Å²) in [4.78, 5) is 11.0. The van der Waals surface area contributed by atoms with Gasteiger partial charge in [0.1, 0.15) is 0 Å². The van der Waals surface area contributed by atoms with Gasteiger partial charge in [0.15, 0.2) is 0 Å². The van der Waals surface area contributed by atoms with Crippen molar-refractivity contribution in [3.8, 4) is 0 Å². The topological polar surface area (TPSA) is 53.2 Å². The smallest absolute Gasteiger partial charge is 0.314 e. The van der Waals surface area contributed by atoms with Gasteiger partial charge in [-0.1, -0.05) is 6.92 Å². The van der Waals surface area contributed by atoms with Gasteiger partial charge in [0.05, 0.1) is 0 Å². The third kappa shape index (κ3) is 3.54. The van der Waals surface area contributed by atoms with Crippen LogP contribution in [0.25, 0.3) is 0 Å². The van der Waals surface area contributed by atoms with Crippen molar-refractivity contribution in [3.63, 3.8) is 0 Å². The van der Waals surface area contributed by atoms with Crippen molar-refractivity contribution < 1.29 is 4.79 Å². The number of carbonyl (C=O) groups excluding carboxylic acids is 1. The molecule has 1 fully saturated rings. The molecule has 0 saturated heterocycles. The van der Waals surface area contributed by atoms with Crippen LogP contribution in [0.3, 0.4) is 0 Å². The van der Waals surface area contributed by atoms with Gasteiger partial charge in [0.25, 0.3) is 0 Å². The minimum absolute atomic E-state index is 0.0584. The summed E-state index contributed by atoms with van der Waals surface area (Å²) in [5.41, 5.74) is 0. The number of carbonyl (C=O) groups is 1. The fraction of sp³-hybridized carbons (Fsp3) is 0.900. The quantitative estimate of drug-likeness (QED) is 0.631. The van der Waals surface area contributed by atoms with E-state index in [2.05, 4.69) is 22.9 Å². The molecular weight excluding hydrogens is 178 g/mol. The van der Waals surface area contributed by atoms with E-state index in [0.717, 1.165) is 19.4 Å². The maximum Gasteiger partial charge on any atom is 0.314 e. The Hall–Kier alpha value is -0.770. The molecule has 3 N–H and O–H groups in total. The summed E-state index contributed by atoms with van der Waals surface area (Å²) in [6.45, 7) is 3.17. The summed E-state index contributed by atoms with van der Waals surface area (Å²) in [5, 5.41) is 8.98. The van der Waals surface area contributed by atoms with E-state index in [1.165, 1.54) is 12.8 Å². The molecule has 1 rings (SSSR count). The van der Waals surface area contributed by atoms with Crippen LogP contribution in [0, 0.1) is 0 Å². The standard InChI is InChI=1S/C10H21N3O/c1-3-12-8-4-6-9(7-5-8)13-10(14)11-2/h8-9,12H,3-7H2,1-2H3,(H2,11,13,14). The zero-order valence-corrected chi connectivity index (χ0v) is 9.10. The molecule has 0 unspecified atom stereocenters. The summed E-state index contributed by atoms with van der Waals surface area (Å²) in [5.74, 6) is 0. The first-order chi connectivity index (χ1) is 6.76. The summed E-state index contributed by atoms with van der Waals surface area (Å²) in [7, 11) is 1.65. The highest BCUT2D eigenvalue weighted by molar-refractivity contribution is 5.73. The molecule has 1 aliphatic rings. The van der Waals surface area contributed by atoms with Crippen LogP contribution in [0.2, 0.25) is 0 Å². The van der Waals surface area contributed by atoms with E-state index < -0.39 is 0 Å². The van der Waals surface area contributed by atoms with Crippen molar-refractivity contribution in [2.45, 2.75) is 44.7 Å². The molecule has 1 aliphatic carbocycles. The van der Waals surface area contributed by atoms with Crippen LogP contribution in [0.5, 0.6) is 0 Å². The third-order valence-corrected chi connectivity index (χ3v) is 2.78. The lowest BCUT2D eigenvalue weighted by molar-refractivity contribution is 0.231. The van der Waals surface area contributed by atoms with Crippen LogP contribution >= 0.6 is 0 Å². The van der Waals surface area contributed by atoms with Crippen LogP contribution in [0.15, 0.2) is 0 Å². The number of amides is 2. The number of rotatable bonds is 3. The summed E-state index contributed by atoms with van der Waals surface area (Å²) < 4.78 is 0. The highest BCUT2D eigenvalue weighted by Gasteiger charge is 2.20. The lowest BCUT2D eigenvalue weighted by Crippen LogP contribution is -2.45. The zero-order chi connectivity index (χ0) is 10.4. The Labute approximate surface area is 85.8 Å². The van der Waals surface area contributed by atoms with Crippen LogP contribution < -0.4 is 16.0 Å². The zero-order valence-electron chi connectivity index (χ0n) is 9.10. The van der Waals surface area contributed by atoms with Crippen LogP contribution in [-0.2, 0) is 0 Å². The Morgan fingerprint density at radius 3 is 2.29 bits per heavy atom. The van der Waals surface area contributed by atoms with Gasteiger partial charge < -0.3 is 16.0 Å². The van der Waals surface area contributed by atoms with Gasteiger partial charge in [-0.3, -0.25) is 0 Å². The predicted molar refractivity (Wildman–Crippen MR) is 57.3 cm³/mol. The molecule has 14 heavy (non-hydrogen) atoms. The second-order valence-electron chi connectivity index (χ2n) is 3.83. The molecule has 0 aliphatic heterocycles. The van der Waals surface area contributed by atoms with Gasteiger partial charge in [-0.25, -0.2) is 4.79 Å². The monoisotopic (exact) mass is 199 g/mol. The van der Waals surface area contributed by atoms with Crippen molar-refractivity contribution in [3.05, 3.63) is 0 Å². The number of hydrogen-bond donors (Lipinski definition) is 3. The van der Waals surface area contributed by atoms with Gasteiger partial charge in [-0.05, 0) is 32.2 Å². The first-order valence-corrected chi connectivity index (χ1v) is 5.48. The van der Waals surface area contributed by atoms with Crippen molar-refractivity contribution in [2.24, 2.45) is 0 Å². The molecule has 0 heterocycles. The number of urea groups is 1. The third-order valence-electron chi connectivity index (χ3n) is 2.78. The van der Waals surface area contributed by atoms with Gasteiger partial charge in [0, 0.05) is 19.1 Å². The molecule has 1 saturated carbocycles. The van der Waals surface area contributed by atoms with Crippen molar-refractivity contribution in [1.29, 1.82) is 0 Å². The minimum atomic E-state index is -0.0584. The second kappa shape index (κ2) is 5.86. The van der Waals surface area contributed by atoms with E-state index in [-0.39, 0.29) is 6.03 Å². The van der Waals surface area contributed by atoms with E-state index in [1.807, 2.05) is 0 Å². The molecule has 0 aromatic carbocycles. The molecule has 2 amide bonds. The first-order valence-electron chi connectivity index (χ1n) is 5.48. The maximum atomic E-state index is 11.0. The Bertz CT molecular complexity index is 176. The average Bonchev–Trinajstić information content (AvgIpc) is 2.21. The number of nitrogens with one attached hydrogen (secondary N) is 3. The average molecular weight is 199 g/mol. The highest BCUT2D eigenvalue weighted by Crippen LogP contribution is 2.18. The Morgan fingerprint density at radius 1 is 1.21 bits per heavy atom. The lowest BCUT2D eigenvalue weighted by Gasteiger charge is -2.29. The summed E-state index contributed by atoms with van der Waals surface area (Å²) in [6, 6.07) is 0.962. The van der Waals surface area contributed by atoms with E-state index in [0.29, 0.717) is 12.1 Å². The molecule has 4 heteroatoms. The predicted octanol–water partition coefficient (Wildman–Crippen LogP) is 0.836. The van der Waals surface area contributed by atoms with E-state index in [9.17, 15) is 4.79 Å². The van der Waals surface area contributed by atoms with E-state index in [4.69, 9.17) is 0 Å². The highest BCUT2D eigenvalue weighted by atomic mass is 16.2.